The van der Waals surface area contributed by atoms with E-state index in [0.717, 1.165) is 25.7 Å². The molecule has 1 amide bonds. The molecule has 1 aromatic carbocycles. The van der Waals surface area contributed by atoms with Gasteiger partial charge in [0.25, 0.3) is 5.91 Å². The Morgan fingerprint density at radius 2 is 2.20 bits per heavy atom. The number of para-hydroxylation sites is 1. The topological polar surface area (TPSA) is 58.6 Å². The highest BCUT2D eigenvalue weighted by Gasteiger charge is 2.23. The number of halogens is 1. The second-order valence-corrected chi connectivity index (χ2v) is 5.14. The minimum atomic E-state index is -0.794. The van der Waals surface area contributed by atoms with Crippen LogP contribution in [0.15, 0.2) is 18.2 Å². The van der Waals surface area contributed by atoms with Gasteiger partial charge < -0.3 is 15.2 Å². The molecule has 1 fully saturated rings. The maximum absolute atomic E-state index is 13.7. The number of hydrogen-bond acceptors (Lipinski definition) is 3. The molecule has 1 unspecified atom stereocenters. The van der Waals surface area contributed by atoms with Crippen LogP contribution in [0.3, 0.4) is 0 Å². The van der Waals surface area contributed by atoms with Gasteiger partial charge in [-0.3, -0.25) is 4.79 Å². The van der Waals surface area contributed by atoms with Crippen LogP contribution < -0.4 is 10.1 Å². The number of ether oxygens (including phenoxy) is 1. The molecule has 1 aromatic rings. The molecule has 0 radical (unpaired) electrons. The lowest BCUT2D eigenvalue weighted by molar-refractivity contribution is -0.128. The first-order valence-electron chi connectivity index (χ1n) is 6.97. The van der Waals surface area contributed by atoms with Crippen molar-refractivity contribution in [2.24, 2.45) is 0 Å². The van der Waals surface area contributed by atoms with Gasteiger partial charge in [-0.25, -0.2) is 4.39 Å². The number of amides is 1. The lowest BCUT2D eigenvalue weighted by Crippen LogP contribution is -2.41. The normalized spacial score (nSPS) is 16.9. The van der Waals surface area contributed by atoms with E-state index in [9.17, 15) is 14.3 Å². The maximum atomic E-state index is 13.7. The Morgan fingerprint density at radius 3 is 2.85 bits per heavy atom. The Hall–Kier alpha value is -1.62. The highest BCUT2D eigenvalue weighted by atomic mass is 19.1. The van der Waals surface area contributed by atoms with Gasteiger partial charge in [-0.15, -0.1) is 0 Å². The minimum Gasteiger partial charge on any atom is -0.477 e. The summed E-state index contributed by atoms with van der Waals surface area (Å²) in [5, 5.41) is 12.1. The van der Waals surface area contributed by atoms with Crippen molar-refractivity contribution < 1.29 is 19.0 Å². The number of hydrogen-bond donors (Lipinski definition) is 2. The number of carbonyl (C=O) groups excluding carboxylic acids is 1. The molecule has 5 heteroatoms. The van der Waals surface area contributed by atoms with Crippen LogP contribution in [-0.2, 0) is 11.4 Å². The summed E-state index contributed by atoms with van der Waals surface area (Å²) >= 11 is 0. The van der Waals surface area contributed by atoms with Gasteiger partial charge in [-0.2, -0.15) is 0 Å². The third-order valence-electron chi connectivity index (χ3n) is 3.58. The largest absolute Gasteiger partial charge is 0.477 e. The molecule has 1 atom stereocenters. The molecule has 2 rings (SSSR count). The van der Waals surface area contributed by atoms with Gasteiger partial charge in [0.15, 0.2) is 17.7 Å². The van der Waals surface area contributed by atoms with Crippen LogP contribution in [0.4, 0.5) is 4.39 Å². The summed E-state index contributed by atoms with van der Waals surface area (Å²) in [6.45, 7) is 1.25. The van der Waals surface area contributed by atoms with E-state index in [2.05, 4.69) is 5.32 Å². The van der Waals surface area contributed by atoms with E-state index in [-0.39, 0.29) is 24.3 Å². The molecule has 0 saturated heterocycles. The van der Waals surface area contributed by atoms with Crippen LogP contribution >= 0.6 is 0 Å². The predicted molar refractivity (Wildman–Crippen MR) is 72.8 cm³/mol. The van der Waals surface area contributed by atoms with E-state index < -0.39 is 11.9 Å². The molecule has 2 N–H and O–H groups in total. The van der Waals surface area contributed by atoms with Crippen molar-refractivity contribution >= 4 is 5.91 Å². The first-order chi connectivity index (χ1) is 9.61. The molecular formula is C15H20FNO3. The van der Waals surface area contributed by atoms with Crippen LogP contribution in [0.5, 0.6) is 5.75 Å². The van der Waals surface area contributed by atoms with E-state index in [4.69, 9.17) is 4.74 Å². The molecule has 0 spiro atoms. The summed E-state index contributed by atoms with van der Waals surface area (Å²) in [5.74, 6) is -0.870. The van der Waals surface area contributed by atoms with E-state index in [1.807, 2.05) is 0 Å². The number of aliphatic hydroxyl groups is 1. The number of benzene rings is 1. The molecule has 0 bridgehead atoms. The molecular weight excluding hydrogens is 261 g/mol. The smallest absolute Gasteiger partial charge is 0.260 e. The van der Waals surface area contributed by atoms with E-state index in [1.54, 1.807) is 13.0 Å². The van der Waals surface area contributed by atoms with Crippen molar-refractivity contribution in [2.75, 3.05) is 0 Å². The monoisotopic (exact) mass is 281 g/mol. The zero-order valence-electron chi connectivity index (χ0n) is 11.6. The summed E-state index contributed by atoms with van der Waals surface area (Å²) in [4.78, 5) is 12.0. The minimum absolute atomic E-state index is 0.0518. The second kappa shape index (κ2) is 6.70. The zero-order chi connectivity index (χ0) is 14.5. The van der Waals surface area contributed by atoms with Crippen molar-refractivity contribution in [3.05, 3.63) is 29.6 Å². The first-order valence-corrected chi connectivity index (χ1v) is 6.97. The van der Waals surface area contributed by atoms with Gasteiger partial charge in [-0.05, 0) is 25.8 Å². The van der Waals surface area contributed by atoms with Crippen LogP contribution in [0, 0.1) is 5.82 Å². The van der Waals surface area contributed by atoms with Crippen molar-refractivity contribution in [1.82, 2.24) is 5.32 Å². The summed E-state index contributed by atoms with van der Waals surface area (Å²) in [5.41, 5.74) is 0.338. The molecule has 0 aromatic heterocycles. The highest BCUT2D eigenvalue weighted by Crippen LogP contribution is 2.24. The quantitative estimate of drug-likeness (QED) is 0.869. The molecule has 110 valence electrons. The standard InChI is InChI=1S/C15H20FNO3/c1-10(15(19)17-12-6-2-3-7-12)20-14-11(9-18)5-4-8-13(14)16/h4-5,8,10,12,18H,2-3,6-7,9H2,1H3,(H,17,19). The Labute approximate surface area is 117 Å². The maximum Gasteiger partial charge on any atom is 0.260 e. The van der Waals surface area contributed by atoms with Gasteiger partial charge in [0.1, 0.15) is 0 Å². The lowest BCUT2D eigenvalue weighted by Gasteiger charge is -2.19. The Morgan fingerprint density at radius 1 is 1.50 bits per heavy atom. The summed E-state index contributed by atoms with van der Waals surface area (Å²) in [7, 11) is 0. The van der Waals surface area contributed by atoms with Gasteiger partial charge in [0.2, 0.25) is 0 Å². The van der Waals surface area contributed by atoms with Crippen molar-refractivity contribution in [1.29, 1.82) is 0 Å². The molecule has 1 saturated carbocycles. The summed E-state index contributed by atoms with van der Waals surface area (Å²) in [6, 6.07) is 4.51. The van der Waals surface area contributed by atoms with E-state index >= 15 is 0 Å². The fourth-order valence-electron chi connectivity index (χ4n) is 2.43. The van der Waals surface area contributed by atoms with E-state index in [1.165, 1.54) is 12.1 Å². The van der Waals surface area contributed by atoms with Crippen molar-refractivity contribution in [2.45, 2.75) is 51.4 Å². The molecule has 0 heterocycles. The molecule has 1 aliphatic rings. The molecule has 0 aliphatic heterocycles. The number of aliphatic hydroxyl groups excluding tert-OH is 1. The lowest BCUT2D eigenvalue weighted by atomic mass is 10.2. The Balaban J connectivity index is 1.99. The fraction of sp³-hybridized carbons (Fsp3) is 0.533. The molecule has 4 nitrogen and oxygen atoms in total. The SMILES string of the molecule is CC(Oc1c(F)cccc1CO)C(=O)NC1CCCC1. The third-order valence-corrected chi connectivity index (χ3v) is 3.58. The van der Waals surface area contributed by atoms with Crippen LogP contribution in [-0.4, -0.2) is 23.2 Å². The number of carbonyl (C=O) groups is 1. The molecule has 20 heavy (non-hydrogen) atoms. The van der Waals surface area contributed by atoms with Gasteiger partial charge in [0.05, 0.1) is 6.61 Å². The summed E-state index contributed by atoms with van der Waals surface area (Å²) in [6.07, 6.45) is 3.43. The Bertz CT molecular complexity index is 472. The summed E-state index contributed by atoms with van der Waals surface area (Å²) < 4.78 is 19.1. The number of nitrogens with one attached hydrogen (secondary N) is 1. The van der Waals surface area contributed by atoms with Gasteiger partial charge >= 0.3 is 0 Å². The Kier molecular flexibility index (Phi) is 4.95. The van der Waals surface area contributed by atoms with Crippen LogP contribution in [0.1, 0.15) is 38.2 Å². The van der Waals surface area contributed by atoms with Crippen LogP contribution in [0.2, 0.25) is 0 Å². The molecule has 1 aliphatic carbocycles. The zero-order valence-corrected chi connectivity index (χ0v) is 11.6. The number of rotatable bonds is 5. The fourth-order valence-corrected chi connectivity index (χ4v) is 2.43. The average molecular weight is 281 g/mol. The second-order valence-electron chi connectivity index (χ2n) is 5.14. The first kappa shape index (κ1) is 14.8. The van der Waals surface area contributed by atoms with Crippen molar-refractivity contribution in [3.63, 3.8) is 0 Å². The van der Waals surface area contributed by atoms with Gasteiger partial charge in [-0.1, -0.05) is 25.0 Å². The van der Waals surface area contributed by atoms with Crippen molar-refractivity contribution in [3.8, 4) is 5.75 Å². The third kappa shape index (κ3) is 3.48. The highest BCUT2D eigenvalue weighted by molar-refractivity contribution is 5.81. The van der Waals surface area contributed by atoms with E-state index in [0.29, 0.717) is 5.56 Å². The average Bonchev–Trinajstić information content (AvgIpc) is 2.93. The van der Waals surface area contributed by atoms with Crippen LogP contribution in [0.25, 0.3) is 0 Å². The van der Waals surface area contributed by atoms with Gasteiger partial charge in [0, 0.05) is 11.6 Å². The predicted octanol–water partition coefficient (Wildman–Crippen LogP) is 2.14.